The van der Waals surface area contributed by atoms with Crippen LogP contribution in [-0.2, 0) is 0 Å². The zero-order chi connectivity index (χ0) is 39.3. The summed E-state index contributed by atoms with van der Waals surface area (Å²) in [6, 6.07) is 18.5. The Morgan fingerprint density at radius 3 is 0.717 bits per heavy atom. The topological polar surface area (TPSA) is 36.9 Å². The molecule has 0 unspecified atom stereocenters. The second-order valence-corrected chi connectivity index (χ2v) is 16.6. The second kappa shape index (κ2) is 17.9. The predicted octanol–water partition coefficient (Wildman–Crippen LogP) is 13.4. The molecule has 0 aliphatic heterocycles. The van der Waals surface area contributed by atoms with Crippen LogP contribution in [-0.4, -0.2) is 24.4 Å². The standard InChI is InChI=1S/C49H68O4/c1-28(2)50-46-24-32(9)42(20-36(46)13)40(43-21-37(14)47(25-33(43)10)51-29(3)4)18-17-19-41(44-22-38(15)48(26-34(44)11)52-30(5)6)45-23-39(16)49(27-35(45)12)53-31(7)8/h20-31,40-41H,17-19H2,1-16H3. The van der Waals surface area contributed by atoms with Crippen LogP contribution in [0.3, 0.4) is 0 Å². The van der Waals surface area contributed by atoms with Crippen molar-refractivity contribution in [2.75, 3.05) is 0 Å². The van der Waals surface area contributed by atoms with E-state index in [1.54, 1.807) is 0 Å². The number of hydrogen-bond acceptors (Lipinski definition) is 4. The normalized spacial score (nSPS) is 11.9. The quantitative estimate of drug-likeness (QED) is 0.115. The minimum Gasteiger partial charge on any atom is -0.491 e. The lowest BCUT2D eigenvalue weighted by molar-refractivity contribution is 0.240. The Hall–Kier alpha value is -3.92. The summed E-state index contributed by atoms with van der Waals surface area (Å²) in [5.41, 5.74) is 15.3. The average molecular weight is 721 g/mol. The van der Waals surface area contributed by atoms with Crippen LogP contribution < -0.4 is 18.9 Å². The SMILES string of the molecule is Cc1cc(C(CCCC(c2cc(C)c(OC(C)C)cc2C)c2cc(C)c(OC(C)C)cc2C)c2cc(C)c(OC(C)C)cc2C)c(C)cc1OC(C)C. The Labute approximate surface area is 322 Å². The highest BCUT2D eigenvalue weighted by Gasteiger charge is 2.25. The summed E-state index contributed by atoms with van der Waals surface area (Å²) in [5, 5.41) is 0. The molecule has 0 fully saturated rings. The Bertz CT molecular complexity index is 1600. The largest absolute Gasteiger partial charge is 0.491 e. The second-order valence-electron chi connectivity index (χ2n) is 16.6. The van der Waals surface area contributed by atoms with Gasteiger partial charge < -0.3 is 18.9 Å². The first kappa shape index (κ1) is 41.8. The summed E-state index contributed by atoms with van der Waals surface area (Å²) in [7, 11) is 0. The van der Waals surface area contributed by atoms with Crippen molar-refractivity contribution in [3.8, 4) is 23.0 Å². The molecule has 4 nitrogen and oxygen atoms in total. The third-order valence-electron chi connectivity index (χ3n) is 10.2. The molecule has 0 aromatic heterocycles. The number of benzene rings is 4. The van der Waals surface area contributed by atoms with E-state index in [1.807, 2.05) is 0 Å². The fraction of sp³-hybridized carbons (Fsp3) is 0.510. The zero-order valence-electron chi connectivity index (χ0n) is 35.8. The number of aryl methyl sites for hydroxylation is 8. The van der Waals surface area contributed by atoms with Crippen LogP contribution in [0.25, 0.3) is 0 Å². The highest BCUT2D eigenvalue weighted by atomic mass is 16.5. The summed E-state index contributed by atoms with van der Waals surface area (Å²) < 4.78 is 25.0. The Balaban J connectivity index is 1.82. The molecule has 0 aliphatic rings. The molecule has 288 valence electrons. The summed E-state index contributed by atoms with van der Waals surface area (Å²) >= 11 is 0. The molecule has 0 radical (unpaired) electrons. The van der Waals surface area contributed by atoms with E-state index >= 15 is 0 Å². The van der Waals surface area contributed by atoms with Crippen molar-refractivity contribution in [1.82, 2.24) is 0 Å². The Morgan fingerprint density at radius 1 is 0.321 bits per heavy atom. The van der Waals surface area contributed by atoms with E-state index in [0.717, 1.165) is 42.3 Å². The molecule has 0 saturated heterocycles. The van der Waals surface area contributed by atoms with Gasteiger partial charge in [-0.2, -0.15) is 0 Å². The van der Waals surface area contributed by atoms with Gasteiger partial charge in [0.05, 0.1) is 24.4 Å². The minimum atomic E-state index is 0.126. The molecule has 0 heterocycles. The van der Waals surface area contributed by atoms with Gasteiger partial charge in [-0.3, -0.25) is 0 Å². The average Bonchev–Trinajstić information content (AvgIpc) is 3.04. The number of ether oxygens (including phenoxy) is 4. The molecular weight excluding hydrogens is 653 g/mol. The van der Waals surface area contributed by atoms with Crippen LogP contribution in [0.15, 0.2) is 48.5 Å². The molecule has 0 bridgehead atoms. The summed E-state index contributed by atoms with van der Waals surface area (Å²) in [5.74, 6) is 4.34. The maximum atomic E-state index is 6.24. The smallest absolute Gasteiger partial charge is 0.122 e. The van der Waals surface area contributed by atoms with Gasteiger partial charge in [0.25, 0.3) is 0 Å². The van der Waals surface area contributed by atoms with Crippen molar-refractivity contribution in [2.45, 2.75) is 166 Å². The van der Waals surface area contributed by atoms with Gasteiger partial charge in [0.1, 0.15) is 23.0 Å². The molecule has 0 N–H and O–H groups in total. The Kier molecular flexibility index (Phi) is 14.2. The van der Waals surface area contributed by atoms with Gasteiger partial charge in [-0.1, -0.05) is 30.7 Å². The minimum absolute atomic E-state index is 0.126. The number of rotatable bonds is 16. The van der Waals surface area contributed by atoms with Crippen LogP contribution in [0.1, 0.15) is 153 Å². The monoisotopic (exact) mass is 721 g/mol. The van der Waals surface area contributed by atoms with Crippen LogP contribution in [0.2, 0.25) is 0 Å². The third kappa shape index (κ3) is 10.6. The van der Waals surface area contributed by atoms with Gasteiger partial charge >= 0.3 is 0 Å². The molecule has 4 rings (SSSR count). The lowest BCUT2D eigenvalue weighted by Crippen LogP contribution is -2.13. The zero-order valence-corrected chi connectivity index (χ0v) is 35.8. The molecule has 0 saturated carbocycles. The van der Waals surface area contributed by atoms with Crippen LogP contribution in [0.4, 0.5) is 0 Å². The van der Waals surface area contributed by atoms with Gasteiger partial charge in [0, 0.05) is 11.8 Å². The summed E-state index contributed by atoms with van der Waals surface area (Å²) in [6.45, 7) is 34.5. The Morgan fingerprint density at radius 2 is 0.528 bits per heavy atom. The maximum Gasteiger partial charge on any atom is 0.122 e. The summed E-state index contributed by atoms with van der Waals surface area (Å²) in [6.07, 6.45) is 3.59. The highest BCUT2D eigenvalue weighted by Crippen LogP contribution is 2.43. The van der Waals surface area contributed by atoms with Crippen LogP contribution in [0, 0.1) is 55.4 Å². The van der Waals surface area contributed by atoms with Gasteiger partial charge in [-0.25, -0.2) is 0 Å². The van der Waals surface area contributed by atoms with Crippen molar-refractivity contribution in [2.24, 2.45) is 0 Å². The van der Waals surface area contributed by atoms with Crippen molar-refractivity contribution >= 4 is 0 Å². The molecule has 0 aliphatic carbocycles. The van der Waals surface area contributed by atoms with Crippen LogP contribution >= 0.6 is 0 Å². The van der Waals surface area contributed by atoms with E-state index in [1.165, 1.54) is 66.8 Å². The summed E-state index contributed by atoms with van der Waals surface area (Å²) in [4.78, 5) is 0. The first-order valence-corrected chi connectivity index (χ1v) is 20.0. The molecule has 0 atom stereocenters. The maximum absolute atomic E-state index is 6.24. The molecular formula is C49H68O4. The first-order valence-electron chi connectivity index (χ1n) is 20.0. The molecule has 4 heteroatoms. The van der Waals surface area contributed by atoms with Crippen molar-refractivity contribution in [3.63, 3.8) is 0 Å². The highest BCUT2D eigenvalue weighted by molar-refractivity contribution is 5.52. The van der Waals surface area contributed by atoms with Crippen molar-refractivity contribution < 1.29 is 18.9 Å². The molecule has 4 aromatic carbocycles. The van der Waals surface area contributed by atoms with Gasteiger partial charge in [-0.05, 0) is 215 Å². The lowest BCUT2D eigenvalue weighted by Gasteiger charge is -2.28. The molecule has 0 amide bonds. The lowest BCUT2D eigenvalue weighted by atomic mass is 9.78. The predicted molar refractivity (Wildman–Crippen MR) is 224 cm³/mol. The van der Waals surface area contributed by atoms with E-state index in [9.17, 15) is 0 Å². The van der Waals surface area contributed by atoms with Crippen molar-refractivity contribution in [3.05, 3.63) is 115 Å². The van der Waals surface area contributed by atoms with E-state index in [4.69, 9.17) is 18.9 Å². The molecule has 53 heavy (non-hydrogen) atoms. The first-order chi connectivity index (χ1) is 24.9. The molecule has 0 spiro atoms. The third-order valence-corrected chi connectivity index (χ3v) is 10.2. The van der Waals surface area contributed by atoms with E-state index < -0.39 is 0 Å². The molecule has 4 aromatic rings. The van der Waals surface area contributed by atoms with E-state index in [-0.39, 0.29) is 36.3 Å². The fourth-order valence-electron chi connectivity index (χ4n) is 7.76. The van der Waals surface area contributed by atoms with Gasteiger partial charge in [0.2, 0.25) is 0 Å². The van der Waals surface area contributed by atoms with Crippen molar-refractivity contribution in [1.29, 1.82) is 0 Å². The van der Waals surface area contributed by atoms with Gasteiger partial charge in [0.15, 0.2) is 0 Å². The van der Waals surface area contributed by atoms with Gasteiger partial charge in [-0.15, -0.1) is 0 Å². The van der Waals surface area contributed by atoms with E-state index in [2.05, 4.69) is 159 Å². The van der Waals surface area contributed by atoms with Crippen LogP contribution in [0.5, 0.6) is 23.0 Å². The number of hydrogen-bond donors (Lipinski definition) is 0. The van der Waals surface area contributed by atoms with E-state index in [0.29, 0.717) is 0 Å². The fourth-order valence-corrected chi connectivity index (χ4v) is 7.76.